The molecule has 13 heavy (non-hydrogen) atoms. The first-order valence-electron chi connectivity index (χ1n) is 3.97. The summed E-state index contributed by atoms with van der Waals surface area (Å²) in [6.45, 7) is 2.73. The minimum atomic E-state index is 0.366. The van der Waals surface area contributed by atoms with E-state index in [0.29, 0.717) is 10.1 Å². The third kappa shape index (κ3) is 2.57. The highest BCUT2D eigenvalue weighted by molar-refractivity contribution is 7.80. The molecule has 0 fully saturated rings. The van der Waals surface area contributed by atoms with Gasteiger partial charge in [0.25, 0.3) is 0 Å². The second-order valence-electron chi connectivity index (χ2n) is 2.56. The van der Waals surface area contributed by atoms with E-state index in [2.05, 4.69) is 0 Å². The number of halogens is 1. The second-order valence-corrected chi connectivity index (χ2v) is 3.42. The topological polar surface area (TPSA) is 29.3 Å². The van der Waals surface area contributed by atoms with Gasteiger partial charge in [0.05, 0.1) is 0 Å². The van der Waals surface area contributed by atoms with Crippen LogP contribution in [0.1, 0.15) is 6.92 Å². The average molecular weight is 215 g/mol. The third-order valence-corrected chi connectivity index (χ3v) is 2.16. The van der Waals surface area contributed by atoms with Crippen molar-refractivity contribution in [1.82, 2.24) is 0 Å². The molecule has 0 atom stereocenters. The Hall–Kier alpha value is -0.800. The summed E-state index contributed by atoms with van der Waals surface area (Å²) in [6, 6.07) is 7.45. The highest BCUT2D eigenvalue weighted by Gasteiger charge is 2.05. The van der Waals surface area contributed by atoms with E-state index in [4.69, 9.17) is 29.6 Å². The van der Waals surface area contributed by atoms with E-state index < -0.39 is 0 Å². The lowest BCUT2D eigenvalue weighted by Crippen LogP contribution is -2.35. The second kappa shape index (κ2) is 4.44. The molecule has 0 amide bonds. The van der Waals surface area contributed by atoms with Crippen LogP contribution in [-0.4, -0.2) is 11.7 Å². The fourth-order valence-electron chi connectivity index (χ4n) is 1.11. The summed E-state index contributed by atoms with van der Waals surface area (Å²) in [5.74, 6) is 0. The lowest BCUT2D eigenvalue weighted by Gasteiger charge is -2.20. The summed E-state index contributed by atoms with van der Waals surface area (Å²) in [7, 11) is 0. The monoisotopic (exact) mass is 214 g/mol. The molecule has 0 aliphatic heterocycles. The molecule has 4 heteroatoms. The summed E-state index contributed by atoms with van der Waals surface area (Å²) >= 11 is 10.7. The van der Waals surface area contributed by atoms with Gasteiger partial charge in [-0.15, -0.1) is 0 Å². The first-order valence-corrected chi connectivity index (χ1v) is 4.76. The Morgan fingerprint density at radius 1 is 1.62 bits per heavy atom. The summed E-state index contributed by atoms with van der Waals surface area (Å²) < 4.78 is 0. The van der Waals surface area contributed by atoms with E-state index in [1.165, 1.54) is 0 Å². The van der Waals surface area contributed by atoms with E-state index in [9.17, 15) is 0 Å². The Morgan fingerprint density at radius 3 is 2.77 bits per heavy atom. The van der Waals surface area contributed by atoms with Crippen molar-refractivity contribution in [3.63, 3.8) is 0 Å². The molecule has 0 saturated carbocycles. The van der Waals surface area contributed by atoms with Gasteiger partial charge in [0.2, 0.25) is 0 Å². The first-order chi connectivity index (χ1) is 6.15. The number of nitrogens with zero attached hydrogens (tertiary/aromatic N) is 1. The average Bonchev–Trinajstić information content (AvgIpc) is 2.04. The van der Waals surface area contributed by atoms with Crippen LogP contribution >= 0.6 is 23.8 Å². The van der Waals surface area contributed by atoms with Crippen LogP contribution in [-0.2, 0) is 0 Å². The summed E-state index contributed by atoms with van der Waals surface area (Å²) in [4.78, 5) is 1.82. The van der Waals surface area contributed by atoms with Crippen molar-refractivity contribution in [2.45, 2.75) is 6.92 Å². The van der Waals surface area contributed by atoms with E-state index in [1.54, 1.807) is 0 Å². The van der Waals surface area contributed by atoms with E-state index >= 15 is 0 Å². The Kier molecular flexibility index (Phi) is 3.51. The molecule has 0 unspecified atom stereocenters. The number of anilines is 1. The van der Waals surface area contributed by atoms with Crippen LogP contribution in [0.3, 0.4) is 0 Å². The molecule has 0 heterocycles. The normalized spacial score (nSPS) is 9.69. The van der Waals surface area contributed by atoms with Gasteiger partial charge < -0.3 is 10.6 Å². The summed E-state index contributed by atoms with van der Waals surface area (Å²) in [5.41, 5.74) is 6.48. The smallest absolute Gasteiger partial charge is 0.170 e. The van der Waals surface area contributed by atoms with Gasteiger partial charge in [0.1, 0.15) is 0 Å². The van der Waals surface area contributed by atoms with Crippen molar-refractivity contribution in [2.24, 2.45) is 5.73 Å². The predicted octanol–water partition coefficient (Wildman–Crippen LogP) is 2.41. The SMILES string of the molecule is CCN(C(N)=S)c1cccc(Cl)c1. The van der Waals surface area contributed by atoms with E-state index in [1.807, 2.05) is 36.1 Å². The van der Waals surface area contributed by atoms with Gasteiger partial charge in [0, 0.05) is 17.3 Å². The van der Waals surface area contributed by atoms with Crippen LogP contribution in [0.25, 0.3) is 0 Å². The maximum Gasteiger partial charge on any atom is 0.170 e. The molecule has 0 aliphatic rings. The maximum absolute atomic E-state index is 5.84. The van der Waals surface area contributed by atoms with Crippen LogP contribution in [0.15, 0.2) is 24.3 Å². The highest BCUT2D eigenvalue weighted by atomic mass is 35.5. The Morgan fingerprint density at radius 2 is 2.31 bits per heavy atom. The summed E-state index contributed by atoms with van der Waals surface area (Å²) in [6.07, 6.45) is 0. The lowest BCUT2D eigenvalue weighted by atomic mass is 10.3. The molecule has 0 radical (unpaired) electrons. The number of rotatable bonds is 2. The van der Waals surface area contributed by atoms with Crippen molar-refractivity contribution in [3.05, 3.63) is 29.3 Å². The van der Waals surface area contributed by atoms with Crippen LogP contribution < -0.4 is 10.6 Å². The number of hydrogen-bond acceptors (Lipinski definition) is 1. The zero-order valence-corrected chi connectivity index (χ0v) is 8.90. The molecular formula is C9H11ClN2S. The van der Waals surface area contributed by atoms with Crippen molar-refractivity contribution in [3.8, 4) is 0 Å². The zero-order valence-electron chi connectivity index (χ0n) is 7.33. The summed E-state index contributed by atoms with van der Waals surface area (Å²) in [5, 5.41) is 1.05. The fourth-order valence-corrected chi connectivity index (χ4v) is 1.53. The van der Waals surface area contributed by atoms with Crippen molar-refractivity contribution in [2.75, 3.05) is 11.4 Å². The minimum absolute atomic E-state index is 0.366. The Balaban J connectivity index is 2.98. The molecule has 2 N–H and O–H groups in total. The van der Waals surface area contributed by atoms with E-state index in [0.717, 1.165) is 12.2 Å². The molecule has 1 aromatic carbocycles. The van der Waals surface area contributed by atoms with Gasteiger partial charge in [-0.1, -0.05) is 17.7 Å². The fraction of sp³-hybridized carbons (Fsp3) is 0.222. The van der Waals surface area contributed by atoms with Crippen LogP contribution in [0.2, 0.25) is 5.02 Å². The quantitative estimate of drug-likeness (QED) is 0.767. The molecule has 0 saturated heterocycles. The molecule has 1 rings (SSSR count). The Bertz CT molecular complexity index is 314. The van der Waals surface area contributed by atoms with Crippen molar-refractivity contribution in [1.29, 1.82) is 0 Å². The zero-order chi connectivity index (χ0) is 9.84. The van der Waals surface area contributed by atoms with Gasteiger partial charge in [0.15, 0.2) is 5.11 Å². The number of hydrogen-bond donors (Lipinski definition) is 1. The standard InChI is InChI=1S/C9H11ClN2S/c1-2-12(9(11)13)8-5-3-4-7(10)6-8/h3-6H,2H2,1H3,(H2,11,13). The molecule has 0 aromatic heterocycles. The Labute approximate surface area is 88.3 Å². The van der Waals surface area contributed by atoms with Gasteiger partial charge in [-0.3, -0.25) is 0 Å². The van der Waals surface area contributed by atoms with Crippen LogP contribution in [0.4, 0.5) is 5.69 Å². The number of thiocarbonyl (C=S) groups is 1. The van der Waals surface area contributed by atoms with Crippen LogP contribution in [0, 0.1) is 0 Å². The third-order valence-electron chi connectivity index (χ3n) is 1.70. The largest absolute Gasteiger partial charge is 0.376 e. The molecule has 70 valence electrons. The van der Waals surface area contributed by atoms with Gasteiger partial charge >= 0.3 is 0 Å². The number of benzene rings is 1. The van der Waals surface area contributed by atoms with E-state index in [-0.39, 0.29) is 0 Å². The van der Waals surface area contributed by atoms with Crippen molar-refractivity contribution >= 4 is 34.6 Å². The van der Waals surface area contributed by atoms with Crippen molar-refractivity contribution < 1.29 is 0 Å². The lowest BCUT2D eigenvalue weighted by molar-refractivity contribution is 1.06. The van der Waals surface area contributed by atoms with Gasteiger partial charge in [-0.05, 0) is 37.3 Å². The molecule has 1 aromatic rings. The number of nitrogens with two attached hydrogens (primary N) is 1. The van der Waals surface area contributed by atoms with Crippen LogP contribution in [0.5, 0.6) is 0 Å². The highest BCUT2D eigenvalue weighted by Crippen LogP contribution is 2.18. The van der Waals surface area contributed by atoms with Gasteiger partial charge in [-0.25, -0.2) is 0 Å². The molecular weight excluding hydrogens is 204 g/mol. The molecule has 0 spiro atoms. The first kappa shape index (κ1) is 10.3. The maximum atomic E-state index is 5.84. The molecule has 2 nitrogen and oxygen atoms in total. The molecule has 0 aliphatic carbocycles. The minimum Gasteiger partial charge on any atom is -0.376 e. The molecule has 0 bridgehead atoms. The predicted molar refractivity (Wildman–Crippen MR) is 61.3 cm³/mol. The van der Waals surface area contributed by atoms with Gasteiger partial charge in [-0.2, -0.15) is 0 Å².